The maximum atomic E-state index is 12.8. The molecular weight excluding hydrogens is 427 g/mol. The Morgan fingerprint density at radius 1 is 1.09 bits per heavy atom. The van der Waals surface area contributed by atoms with Crippen molar-refractivity contribution in [2.45, 2.75) is 19.5 Å². The van der Waals surface area contributed by atoms with Crippen LogP contribution >= 0.6 is 0 Å². The summed E-state index contributed by atoms with van der Waals surface area (Å²) in [5.41, 5.74) is -0.455. The van der Waals surface area contributed by atoms with Crippen LogP contribution in [0.15, 0.2) is 42.6 Å². The Hall–Kier alpha value is -3.30. The molecule has 32 heavy (non-hydrogen) atoms. The lowest BCUT2D eigenvalue weighted by atomic mass is 10.2. The highest BCUT2D eigenvalue weighted by Crippen LogP contribution is 2.31. The van der Waals surface area contributed by atoms with E-state index < -0.39 is 17.7 Å². The van der Waals surface area contributed by atoms with E-state index in [-0.39, 0.29) is 24.9 Å². The van der Waals surface area contributed by atoms with Crippen LogP contribution in [0.2, 0.25) is 0 Å². The van der Waals surface area contributed by atoms with Crippen LogP contribution in [0, 0.1) is 0 Å². The fraction of sp³-hybridized carbons (Fsp3) is 0.409. The average molecular weight is 451 g/mol. The van der Waals surface area contributed by atoms with E-state index in [1.54, 1.807) is 24.0 Å². The molecule has 0 spiro atoms. The number of halogens is 3. The summed E-state index contributed by atoms with van der Waals surface area (Å²) in [6, 6.07) is 7.84. The zero-order valence-corrected chi connectivity index (χ0v) is 17.6. The van der Waals surface area contributed by atoms with Crippen molar-refractivity contribution >= 4 is 17.7 Å². The fourth-order valence-electron chi connectivity index (χ4n) is 3.30. The van der Waals surface area contributed by atoms with E-state index >= 15 is 0 Å². The molecule has 0 radical (unpaired) electrons. The minimum absolute atomic E-state index is 0.00415. The van der Waals surface area contributed by atoms with Crippen molar-refractivity contribution in [3.63, 3.8) is 0 Å². The van der Waals surface area contributed by atoms with Crippen molar-refractivity contribution in [1.29, 1.82) is 0 Å². The Labute approximate surface area is 183 Å². The Morgan fingerprint density at radius 2 is 1.91 bits per heavy atom. The minimum Gasteiger partial charge on any atom is -0.484 e. The maximum Gasteiger partial charge on any atom is 0.416 e. The predicted molar refractivity (Wildman–Crippen MR) is 111 cm³/mol. The van der Waals surface area contributed by atoms with Crippen LogP contribution in [0.25, 0.3) is 0 Å². The van der Waals surface area contributed by atoms with Crippen LogP contribution in [0.1, 0.15) is 29.3 Å². The molecular formula is C22H24F3N3O4. The molecule has 0 aliphatic carbocycles. The Kier molecular flexibility index (Phi) is 7.55. The van der Waals surface area contributed by atoms with Crippen molar-refractivity contribution in [3.05, 3.63) is 53.7 Å². The third kappa shape index (κ3) is 6.12. The van der Waals surface area contributed by atoms with Gasteiger partial charge in [0.15, 0.2) is 6.61 Å². The van der Waals surface area contributed by atoms with Gasteiger partial charge in [-0.25, -0.2) is 9.78 Å². The van der Waals surface area contributed by atoms with E-state index in [9.17, 15) is 22.8 Å². The number of benzene rings is 1. The summed E-state index contributed by atoms with van der Waals surface area (Å²) in [5.74, 6) is -0.0436. The van der Waals surface area contributed by atoms with E-state index in [1.807, 2.05) is 4.90 Å². The quantitative estimate of drug-likeness (QED) is 0.627. The molecule has 1 fully saturated rings. The number of ether oxygens (including phenoxy) is 2. The summed E-state index contributed by atoms with van der Waals surface area (Å²) in [5, 5.41) is 0. The Bertz CT molecular complexity index is 935. The normalized spacial score (nSPS) is 14.6. The van der Waals surface area contributed by atoms with Crippen molar-refractivity contribution < 1.29 is 32.2 Å². The molecule has 0 bridgehead atoms. The van der Waals surface area contributed by atoms with Gasteiger partial charge in [-0.05, 0) is 43.7 Å². The first-order valence-electron chi connectivity index (χ1n) is 10.2. The van der Waals surface area contributed by atoms with Crippen LogP contribution in [-0.4, -0.2) is 61.2 Å². The van der Waals surface area contributed by atoms with Gasteiger partial charge in [-0.1, -0.05) is 6.07 Å². The van der Waals surface area contributed by atoms with Gasteiger partial charge in [0.25, 0.3) is 5.91 Å². The average Bonchev–Trinajstić information content (AvgIpc) is 3.04. The molecule has 0 atom stereocenters. The standard InChI is InChI=1S/C22H24F3N3O4/c1-2-31-21(30)16-7-8-19(26-14-16)27-9-4-10-28(12-11-27)20(29)15-32-18-6-3-5-17(13-18)22(23,24)25/h3,5-8,13-14H,2,4,9-12,15H2,1H3. The number of aromatic nitrogens is 1. The lowest BCUT2D eigenvalue weighted by molar-refractivity contribution is -0.137. The van der Waals surface area contributed by atoms with Crippen LogP contribution in [-0.2, 0) is 15.7 Å². The molecule has 1 aliphatic heterocycles. The molecule has 7 nitrogen and oxygen atoms in total. The number of amides is 1. The number of carbonyl (C=O) groups is 2. The van der Waals surface area contributed by atoms with Gasteiger partial charge in [0.05, 0.1) is 17.7 Å². The number of rotatable bonds is 6. The molecule has 1 amide bonds. The zero-order chi connectivity index (χ0) is 23.1. The second-order valence-electron chi connectivity index (χ2n) is 7.16. The first-order valence-corrected chi connectivity index (χ1v) is 10.2. The molecule has 1 aliphatic rings. The minimum atomic E-state index is -4.47. The molecule has 0 saturated carbocycles. The monoisotopic (exact) mass is 451 g/mol. The van der Waals surface area contributed by atoms with Crippen molar-refractivity contribution in [1.82, 2.24) is 9.88 Å². The second kappa shape index (κ2) is 10.3. The number of pyridine rings is 1. The Balaban J connectivity index is 1.53. The number of esters is 1. The first kappa shape index (κ1) is 23.4. The summed E-state index contributed by atoms with van der Waals surface area (Å²) in [7, 11) is 0. The third-order valence-electron chi connectivity index (χ3n) is 4.96. The Morgan fingerprint density at radius 3 is 2.59 bits per heavy atom. The number of alkyl halides is 3. The van der Waals surface area contributed by atoms with E-state index in [2.05, 4.69) is 4.98 Å². The summed E-state index contributed by atoms with van der Waals surface area (Å²) in [6.07, 6.45) is -2.32. The number of nitrogens with zero attached hydrogens (tertiary/aromatic N) is 3. The zero-order valence-electron chi connectivity index (χ0n) is 17.6. The van der Waals surface area contributed by atoms with Crippen LogP contribution in [0.5, 0.6) is 5.75 Å². The number of carbonyl (C=O) groups excluding carboxylic acids is 2. The number of hydrogen-bond acceptors (Lipinski definition) is 6. The molecule has 1 aromatic heterocycles. The predicted octanol–water partition coefficient (Wildman–Crippen LogP) is 3.39. The van der Waals surface area contributed by atoms with E-state index in [4.69, 9.17) is 9.47 Å². The third-order valence-corrected chi connectivity index (χ3v) is 4.96. The fourth-order valence-corrected chi connectivity index (χ4v) is 3.30. The van der Waals surface area contributed by atoms with Crippen LogP contribution in [0.3, 0.4) is 0 Å². The van der Waals surface area contributed by atoms with E-state index in [0.29, 0.717) is 44.0 Å². The number of hydrogen-bond donors (Lipinski definition) is 0. The largest absolute Gasteiger partial charge is 0.484 e. The molecule has 2 aromatic rings. The van der Waals surface area contributed by atoms with Gasteiger partial charge in [-0.2, -0.15) is 13.2 Å². The highest BCUT2D eigenvalue weighted by molar-refractivity contribution is 5.89. The topological polar surface area (TPSA) is 72.0 Å². The molecule has 10 heteroatoms. The highest BCUT2D eigenvalue weighted by Gasteiger charge is 2.30. The summed E-state index contributed by atoms with van der Waals surface area (Å²) < 4.78 is 48.7. The van der Waals surface area contributed by atoms with Crippen LogP contribution in [0.4, 0.5) is 19.0 Å². The summed E-state index contributed by atoms with van der Waals surface area (Å²) in [6.45, 7) is 3.80. The van der Waals surface area contributed by atoms with Crippen molar-refractivity contribution in [2.24, 2.45) is 0 Å². The molecule has 1 saturated heterocycles. The smallest absolute Gasteiger partial charge is 0.416 e. The van der Waals surface area contributed by atoms with Crippen molar-refractivity contribution in [3.8, 4) is 5.75 Å². The first-order chi connectivity index (χ1) is 15.3. The van der Waals surface area contributed by atoms with Gasteiger partial charge in [-0.3, -0.25) is 4.79 Å². The highest BCUT2D eigenvalue weighted by atomic mass is 19.4. The van der Waals surface area contributed by atoms with Crippen molar-refractivity contribution in [2.75, 3.05) is 44.3 Å². The SMILES string of the molecule is CCOC(=O)c1ccc(N2CCCN(C(=O)COc3cccc(C(F)(F)F)c3)CC2)nc1. The summed E-state index contributed by atoms with van der Waals surface area (Å²) >= 11 is 0. The number of anilines is 1. The van der Waals surface area contributed by atoms with Gasteiger partial charge in [-0.15, -0.1) is 0 Å². The second-order valence-corrected chi connectivity index (χ2v) is 7.16. The lowest BCUT2D eigenvalue weighted by Gasteiger charge is -2.23. The van der Waals surface area contributed by atoms with Gasteiger partial charge in [0.2, 0.25) is 0 Å². The molecule has 2 heterocycles. The lowest BCUT2D eigenvalue weighted by Crippen LogP contribution is -2.38. The summed E-state index contributed by atoms with van der Waals surface area (Å²) in [4.78, 5) is 32.2. The van der Waals surface area contributed by atoms with Gasteiger partial charge in [0.1, 0.15) is 11.6 Å². The van der Waals surface area contributed by atoms with Gasteiger partial charge in [0, 0.05) is 32.4 Å². The molecule has 3 rings (SSSR count). The molecule has 172 valence electrons. The maximum absolute atomic E-state index is 12.8. The van der Waals surface area contributed by atoms with Gasteiger partial charge >= 0.3 is 12.1 Å². The van der Waals surface area contributed by atoms with Gasteiger partial charge < -0.3 is 19.3 Å². The molecule has 1 aromatic carbocycles. The van der Waals surface area contributed by atoms with Crippen LogP contribution < -0.4 is 9.64 Å². The van der Waals surface area contributed by atoms with E-state index in [1.165, 1.54) is 18.3 Å². The molecule has 0 N–H and O–H groups in total. The molecule has 0 unspecified atom stereocenters. The van der Waals surface area contributed by atoms with E-state index in [0.717, 1.165) is 12.1 Å².